The Hall–Kier alpha value is -8.32. The number of allylic oxidation sites excluding steroid dienone is 1. The topological polar surface area (TPSA) is 84.9 Å². The van der Waals surface area contributed by atoms with Crippen molar-refractivity contribution in [3.05, 3.63) is 104 Å². The lowest BCUT2D eigenvalue weighted by Crippen LogP contribution is -2.20. The second kappa shape index (κ2) is 35.0. The number of rotatable bonds is 10. The fourth-order valence-corrected chi connectivity index (χ4v) is 3.01. The highest BCUT2D eigenvalue weighted by Gasteiger charge is 2.20. The largest absolute Gasteiger partial charge is 0.535 e. The fourth-order valence-electron chi connectivity index (χ4n) is 2.44. The van der Waals surface area contributed by atoms with Crippen LogP contribution in [0.5, 0.6) is 0 Å². The first-order valence-corrected chi connectivity index (χ1v) is 16.5. The molecule has 0 saturated heterocycles. The minimum absolute atomic E-state index is 0.0339. The molecule has 0 saturated carbocycles. The van der Waals surface area contributed by atoms with E-state index >= 15 is 0 Å². The van der Waals surface area contributed by atoms with Gasteiger partial charge in [0.05, 0.1) is 12.2 Å². The summed E-state index contributed by atoms with van der Waals surface area (Å²) in [4.78, 5) is 20.3. The summed E-state index contributed by atoms with van der Waals surface area (Å²) in [5.41, 5.74) is 41.2. The van der Waals surface area contributed by atoms with Gasteiger partial charge in [-0.15, -0.1) is 0 Å². The first-order valence-electron chi connectivity index (χ1n) is 15.0. The standard InChI is InChI=1S/C46H24NO5P/c1-4-6-7-8-9-10-11-12-15-18-21-24-27-30-35-40-46(5-2)41-36-31-28-25-22-19-16-13-14-17-20-23-26-29-33-38-43-51-53(49,50)52-44-39-34-32-37-42-47-45(3)48/h1,5,32,34,37,39,42,44H2,2-3H3,(H,47,48)(H,49,50). The Labute approximate surface area is 311 Å². The van der Waals surface area contributed by atoms with Gasteiger partial charge in [-0.3, -0.25) is 14.2 Å². The number of amides is 1. The van der Waals surface area contributed by atoms with E-state index in [2.05, 4.69) is 209 Å². The van der Waals surface area contributed by atoms with Crippen molar-refractivity contribution in [1.29, 1.82) is 0 Å². The summed E-state index contributed by atoms with van der Waals surface area (Å²) in [6, 6.07) is 0. The molecular weight excluding hydrogens is 677 g/mol. The van der Waals surface area contributed by atoms with Crippen molar-refractivity contribution in [2.75, 3.05) is 13.2 Å². The Bertz CT molecular complexity index is 2700. The summed E-state index contributed by atoms with van der Waals surface area (Å²) < 4.78 is 21.0. The number of hydrogen-bond donors (Lipinski definition) is 2. The van der Waals surface area contributed by atoms with Crippen molar-refractivity contribution in [3.8, 4) is 107 Å². The van der Waals surface area contributed by atoms with E-state index in [9.17, 15) is 14.3 Å². The third-order valence-electron chi connectivity index (χ3n) is 4.53. The van der Waals surface area contributed by atoms with Gasteiger partial charge in [0.2, 0.25) is 5.91 Å². The molecule has 1 atom stereocenters. The van der Waals surface area contributed by atoms with Crippen LogP contribution in [-0.2, 0) is 18.4 Å². The molecule has 0 fully saturated rings. The van der Waals surface area contributed by atoms with Crippen LogP contribution in [0.4, 0.5) is 0 Å². The van der Waals surface area contributed by atoms with Crippen molar-refractivity contribution >= 4 is 13.7 Å². The van der Waals surface area contributed by atoms with E-state index in [0.717, 1.165) is 19.3 Å². The lowest BCUT2D eigenvalue weighted by molar-refractivity contribution is -0.118. The van der Waals surface area contributed by atoms with Crippen molar-refractivity contribution in [3.63, 3.8) is 0 Å². The van der Waals surface area contributed by atoms with Gasteiger partial charge in [-0.2, -0.15) is 0 Å². The van der Waals surface area contributed by atoms with Crippen LogP contribution >= 0.6 is 7.82 Å². The summed E-state index contributed by atoms with van der Waals surface area (Å²) in [5.74, 6) is 42.3. The highest BCUT2D eigenvalue weighted by molar-refractivity contribution is 7.47. The Morgan fingerprint density at radius 3 is 1.47 bits per heavy atom. The molecule has 0 bridgehead atoms. The van der Waals surface area contributed by atoms with Crippen LogP contribution in [0.2, 0.25) is 0 Å². The van der Waals surface area contributed by atoms with Gasteiger partial charge in [-0.25, -0.2) is 4.57 Å². The number of phosphoric acid groups is 1. The van der Waals surface area contributed by atoms with Gasteiger partial charge < -0.3 is 9.84 Å². The summed E-state index contributed by atoms with van der Waals surface area (Å²) in [5, 5.41) is 2.69. The Morgan fingerprint density at radius 2 is 1.02 bits per heavy atom. The van der Waals surface area contributed by atoms with Crippen molar-refractivity contribution in [2.24, 2.45) is 0 Å². The molecule has 248 valence electrons. The van der Waals surface area contributed by atoms with Crippen molar-refractivity contribution in [2.45, 2.75) is 46.0 Å². The number of nitrogens with one attached hydrogen (secondary N) is 1. The zero-order chi connectivity index (χ0) is 38.8. The Kier molecular flexibility index (Phi) is 29.5. The fraction of sp³-hybridized carbons (Fsp3) is 0.196. The lowest BCUT2D eigenvalue weighted by atomic mass is 10.2. The molecule has 2 N–H and O–H groups in total. The van der Waals surface area contributed by atoms with Gasteiger partial charge >= 0.3 is 7.82 Å². The molecule has 0 rings (SSSR count). The normalized spacial score (nSPS) is 7.45. The molecule has 1 unspecified atom stereocenters. The zero-order valence-corrected chi connectivity index (χ0v) is 29.6. The van der Waals surface area contributed by atoms with Crippen LogP contribution in [0.3, 0.4) is 0 Å². The average molecular weight is 702 g/mol. The van der Waals surface area contributed by atoms with E-state index in [-0.39, 0.29) is 12.5 Å². The quantitative estimate of drug-likeness (QED) is 0.141. The number of carbonyl (C=O) groups is 1. The van der Waals surface area contributed by atoms with Crippen LogP contribution in [0.15, 0.2) is 104 Å². The maximum absolute atomic E-state index is 11.7. The van der Waals surface area contributed by atoms with Crippen molar-refractivity contribution < 1.29 is 23.3 Å². The molecule has 7 heteroatoms. The minimum Gasteiger partial charge on any atom is -0.356 e. The highest BCUT2D eigenvalue weighted by Crippen LogP contribution is 2.42. The third-order valence-corrected chi connectivity index (χ3v) is 5.36. The molecule has 0 spiro atoms. The molecule has 0 aromatic rings. The molecular formula is C46H24NO5P. The van der Waals surface area contributed by atoms with E-state index in [1.54, 1.807) is 0 Å². The van der Waals surface area contributed by atoms with Gasteiger partial charge in [-0.1, -0.05) is 25.5 Å². The van der Waals surface area contributed by atoms with Gasteiger partial charge in [0.25, 0.3) is 0 Å². The van der Waals surface area contributed by atoms with Gasteiger partial charge in [0, 0.05) is 60.8 Å². The second-order valence-electron chi connectivity index (χ2n) is 8.40. The molecule has 0 aromatic heterocycles. The maximum atomic E-state index is 11.7. The van der Waals surface area contributed by atoms with Crippen LogP contribution in [0.25, 0.3) is 0 Å². The van der Waals surface area contributed by atoms with E-state index in [0.29, 0.717) is 25.0 Å². The summed E-state index contributed by atoms with van der Waals surface area (Å²) in [6.07, 6.45) is 5.59. The molecule has 6 nitrogen and oxygen atoms in total. The first-order chi connectivity index (χ1) is 25.9. The van der Waals surface area contributed by atoms with Gasteiger partial charge in [0.15, 0.2) is 0 Å². The Morgan fingerprint density at radius 1 is 0.604 bits per heavy atom. The average Bonchev–Trinajstić information content (AvgIpc) is 3.14. The van der Waals surface area contributed by atoms with Crippen LogP contribution in [-0.4, -0.2) is 24.0 Å². The first kappa shape index (κ1) is 44.7. The van der Waals surface area contributed by atoms with E-state index in [4.69, 9.17) is 4.52 Å². The number of unbranched alkanes of at least 4 members (excludes halogenated alkanes) is 3. The molecule has 0 aliphatic rings. The SMILES string of the molecule is C=C=C=C=C=C=C=C=C=C=C=C=C=C=C=C=C=C(C#CC#CC#CC#CC#CC#CC#CC#CC#COP(=O)(O)OCCCCCCNC(C)=O)CC. The zero-order valence-electron chi connectivity index (χ0n) is 28.7. The molecule has 0 aliphatic carbocycles. The number of phosphoric ester groups is 1. The van der Waals surface area contributed by atoms with Crippen LogP contribution in [0, 0.1) is 107 Å². The summed E-state index contributed by atoms with van der Waals surface area (Å²) in [6.45, 7) is 7.31. The maximum Gasteiger partial charge on any atom is 0.535 e. The second-order valence-corrected chi connectivity index (χ2v) is 9.78. The highest BCUT2D eigenvalue weighted by atomic mass is 31.2. The Balaban J connectivity index is 4.91. The lowest BCUT2D eigenvalue weighted by Gasteiger charge is -2.08. The molecule has 0 aliphatic heterocycles. The number of carbonyl (C=O) groups excluding carboxylic acids is 1. The molecule has 1 amide bonds. The molecule has 53 heavy (non-hydrogen) atoms. The minimum atomic E-state index is -4.30. The predicted molar refractivity (Wildman–Crippen MR) is 200 cm³/mol. The van der Waals surface area contributed by atoms with E-state index in [1.165, 1.54) is 6.92 Å². The van der Waals surface area contributed by atoms with E-state index < -0.39 is 7.82 Å². The predicted octanol–water partition coefficient (Wildman–Crippen LogP) is 5.25. The van der Waals surface area contributed by atoms with E-state index in [1.807, 2.05) is 13.0 Å². The third kappa shape index (κ3) is 36.4. The molecule has 0 radical (unpaired) electrons. The monoisotopic (exact) mass is 701 g/mol. The molecule has 0 heterocycles. The van der Waals surface area contributed by atoms with Gasteiger partial charge in [-0.05, 0) is 165 Å². The summed E-state index contributed by atoms with van der Waals surface area (Å²) >= 11 is 0. The number of hydrogen-bond acceptors (Lipinski definition) is 4. The smallest absolute Gasteiger partial charge is 0.356 e. The van der Waals surface area contributed by atoms with Gasteiger partial charge in [0.1, 0.15) is 6.11 Å². The van der Waals surface area contributed by atoms with Crippen molar-refractivity contribution in [1.82, 2.24) is 5.32 Å². The molecule has 0 aromatic carbocycles. The van der Waals surface area contributed by atoms with Crippen LogP contribution in [0.1, 0.15) is 46.0 Å². The summed E-state index contributed by atoms with van der Waals surface area (Å²) in [7, 11) is -4.30. The van der Waals surface area contributed by atoms with Crippen LogP contribution < -0.4 is 5.32 Å².